The second kappa shape index (κ2) is 7.02. The lowest BCUT2D eigenvalue weighted by Crippen LogP contribution is -2.56. The first-order valence-corrected chi connectivity index (χ1v) is 7.40. The standard InChI is InChI=1S/C16H25N3O2/c1-16(2,12-17)18-15(20)14-11-19(8-9-21-14)10-13-6-4-3-5-7-13/h3-7,14H,8-12,17H2,1-2H3,(H,18,20). The van der Waals surface area contributed by atoms with Gasteiger partial charge < -0.3 is 15.8 Å². The highest BCUT2D eigenvalue weighted by atomic mass is 16.5. The number of nitrogens with one attached hydrogen (secondary N) is 1. The van der Waals surface area contributed by atoms with Crippen LogP contribution in [0.25, 0.3) is 0 Å². The molecular formula is C16H25N3O2. The highest BCUT2D eigenvalue weighted by Crippen LogP contribution is 2.11. The normalized spacial score (nSPS) is 20.2. The molecule has 21 heavy (non-hydrogen) atoms. The minimum absolute atomic E-state index is 0.0804. The Kier molecular flexibility index (Phi) is 5.33. The summed E-state index contributed by atoms with van der Waals surface area (Å²) in [5.74, 6) is -0.0804. The van der Waals surface area contributed by atoms with E-state index in [-0.39, 0.29) is 5.91 Å². The van der Waals surface area contributed by atoms with Gasteiger partial charge in [-0.05, 0) is 19.4 Å². The highest BCUT2D eigenvalue weighted by Gasteiger charge is 2.29. The van der Waals surface area contributed by atoms with Gasteiger partial charge in [0.25, 0.3) is 5.91 Å². The van der Waals surface area contributed by atoms with Gasteiger partial charge in [0.2, 0.25) is 0 Å². The molecule has 1 aromatic rings. The van der Waals surface area contributed by atoms with Gasteiger partial charge in [-0.15, -0.1) is 0 Å². The molecule has 0 aliphatic carbocycles. The van der Waals surface area contributed by atoms with Crippen molar-refractivity contribution in [3.05, 3.63) is 35.9 Å². The number of morpholine rings is 1. The Hall–Kier alpha value is -1.43. The van der Waals surface area contributed by atoms with Crippen LogP contribution in [0.2, 0.25) is 0 Å². The van der Waals surface area contributed by atoms with E-state index in [0.29, 0.717) is 19.7 Å². The van der Waals surface area contributed by atoms with Gasteiger partial charge in [0.1, 0.15) is 6.10 Å². The van der Waals surface area contributed by atoms with Gasteiger partial charge in [-0.25, -0.2) is 0 Å². The fourth-order valence-electron chi connectivity index (χ4n) is 2.31. The first kappa shape index (κ1) is 15.9. The van der Waals surface area contributed by atoms with Gasteiger partial charge in [0.05, 0.1) is 6.61 Å². The Balaban J connectivity index is 1.90. The maximum atomic E-state index is 12.3. The van der Waals surface area contributed by atoms with Crippen LogP contribution in [-0.2, 0) is 16.1 Å². The summed E-state index contributed by atoms with van der Waals surface area (Å²) in [4.78, 5) is 14.5. The van der Waals surface area contributed by atoms with Crippen LogP contribution < -0.4 is 11.1 Å². The maximum Gasteiger partial charge on any atom is 0.250 e. The van der Waals surface area contributed by atoms with Crippen LogP contribution in [0.15, 0.2) is 30.3 Å². The third-order valence-electron chi connectivity index (χ3n) is 3.66. The molecule has 0 bridgehead atoms. The monoisotopic (exact) mass is 291 g/mol. The van der Waals surface area contributed by atoms with E-state index in [4.69, 9.17) is 10.5 Å². The molecule has 1 atom stereocenters. The molecule has 1 heterocycles. The van der Waals surface area contributed by atoms with Gasteiger partial charge in [0, 0.05) is 31.7 Å². The molecular weight excluding hydrogens is 266 g/mol. The van der Waals surface area contributed by atoms with E-state index >= 15 is 0 Å². The number of hydrogen-bond donors (Lipinski definition) is 2. The van der Waals surface area contributed by atoms with E-state index in [2.05, 4.69) is 22.3 Å². The van der Waals surface area contributed by atoms with Gasteiger partial charge >= 0.3 is 0 Å². The summed E-state index contributed by atoms with van der Waals surface area (Å²) in [6.45, 7) is 7.10. The number of hydrogen-bond acceptors (Lipinski definition) is 4. The zero-order valence-corrected chi connectivity index (χ0v) is 12.8. The first-order chi connectivity index (χ1) is 10.00. The Bertz CT molecular complexity index is 462. The molecule has 1 unspecified atom stereocenters. The molecule has 0 saturated carbocycles. The molecule has 0 spiro atoms. The Morgan fingerprint density at radius 1 is 1.43 bits per heavy atom. The van der Waals surface area contributed by atoms with Crippen LogP contribution in [0.4, 0.5) is 0 Å². The predicted octanol–water partition coefficient (Wildman–Crippen LogP) is 0.741. The van der Waals surface area contributed by atoms with Gasteiger partial charge in [-0.2, -0.15) is 0 Å². The predicted molar refractivity (Wildman–Crippen MR) is 82.7 cm³/mol. The molecule has 0 radical (unpaired) electrons. The van der Waals surface area contributed by atoms with Crippen molar-refractivity contribution in [2.24, 2.45) is 5.73 Å². The fourth-order valence-corrected chi connectivity index (χ4v) is 2.31. The summed E-state index contributed by atoms with van der Waals surface area (Å²) in [7, 11) is 0. The van der Waals surface area contributed by atoms with Crippen molar-refractivity contribution in [3.63, 3.8) is 0 Å². The number of rotatable bonds is 5. The molecule has 0 aromatic heterocycles. The lowest BCUT2D eigenvalue weighted by molar-refractivity contribution is -0.140. The minimum Gasteiger partial charge on any atom is -0.366 e. The molecule has 2 rings (SSSR count). The van der Waals surface area contributed by atoms with Crippen molar-refractivity contribution >= 4 is 5.91 Å². The second-order valence-electron chi connectivity index (χ2n) is 6.16. The van der Waals surface area contributed by atoms with Crippen LogP contribution in [0.5, 0.6) is 0 Å². The van der Waals surface area contributed by atoms with E-state index in [1.165, 1.54) is 5.56 Å². The molecule has 5 heteroatoms. The lowest BCUT2D eigenvalue weighted by atomic mass is 10.1. The third kappa shape index (κ3) is 4.81. The summed E-state index contributed by atoms with van der Waals surface area (Å²) in [5, 5.41) is 2.94. The summed E-state index contributed by atoms with van der Waals surface area (Å²) in [6.07, 6.45) is -0.423. The molecule has 116 valence electrons. The van der Waals surface area contributed by atoms with Crippen LogP contribution in [0.1, 0.15) is 19.4 Å². The highest BCUT2D eigenvalue weighted by molar-refractivity contribution is 5.81. The number of ether oxygens (including phenoxy) is 1. The quantitative estimate of drug-likeness (QED) is 0.840. The van der Waals surface area contributed by atoms with E-state index < -0.39 is 11.6 Å². The number of carbonyl (C=O) groups excluding carboxylic acids is 1. The number of amides is 1. The average Bonchev–Trinajstić information content (AvgIpc) is 2.48. The van der Waals surface area contributed by atoms with Crippen LogP contribution in [-0.4, -0.2) is 48.7 Å². The molecule has 5 nitrogen and oxygen atoms in total. The summed E-state index contributed by atoms with van der Waals surface area (Å²) >= 11 is 0. The zero-order chi connectivity index (χ0) is 15.3. The summed E-state index contributed by atoms with van der Waals surface area (Å²) < 4.78 is 5.60. The topological polar surface area (TPSA) is 67.6 Å². The molecule has 1 fully saturated rings. The molecule has 1 aromatic carbocycles. The molecule has 3 N–H and O–H groups in total. The molecule has 1 amide bonds. The third-order valence-corrected chi connectivity index (χ3v) is 3.66. The Labute approximate surface area is 126 Å². The van der Waals surface area contributed by atoms with E-state index in [1.807, 2.05) is 32.0 Å². The fraction of sp³-hybridized carbons (Fsp3) is 0.562. The van der Waals surface area contributed by atoms with Gasteiger partial charge in [0.15, 0.2) is 0 Å². The van der Waals surface area contributed by atoms with E-state index in [9.17, 15) is 4.79 Å². The van der Waals surface area contributed by atoms with Crippen LogP contribution in [0, 0.1) is 0 Å². The maximum absolute atomic E-state index is 12.3. The number of carbonyl (C=O) groups is 1. The van der Waals surface area contributed by atoms with Crippen molar-refractivity contribution in [2.45, 2.75) is 32.0 Å². The van der Waals surface area contributed by atoms with Crippen molar-refractivity contribution in [3.8, 4) is 0 Å². The second-order valence-corrected chi connectivity index (χ2v) is 6.16. The molecule has 1 aliphatic heterocycles. The number of nitrogens with two attached hydrogens (primary N) is 1. The van der Waals surface area contributed by atoms with Crippen molar-refractivity contribution in [2.75, 3.05) is 26.2 Å². The van der Waals surface area contributed by atoms with Crippen molar-refractivity contribution in [1.82, 2.24) is 10.2 Å². The van der Waals surface area contributed by atoms with Crippen molar-refractivity contribution in [1.29, 1.82) is 0 Å². The number of nitrogens with zero attached hydrogens (tertiary/aromatic N) is 1. The Morgan fingerprint density at radius 2 is 2.14 bits per heavy atom. The number of benzene rings is 1. The van der Waals surface area contributed by atoms with Gasteiger partial charge in [-0.1, -0.05) is 30.3 Å². The largest absolute Gasteiger partial charge is 0.366 e. The Morgan fingerprint density at radius 3 is 2.81 bits per heavy atom. The van der Waals surface area contributed by atoms with Crippen LogP contribution >= 0.6 is 0 Å². The average molecular weight is 291 g/mol. The SMILES string of the molecule is CC(C)(CN)NC(=O)C1CN(Cc2ccccc2)CCO1. The molecule has 1 aliphatic rings. The summed E-state index contributed by atoms with van der Waals surface area (Å²) in [5.41, 5.74) is 6.50. The molecule has 1 saturated heterocycles. The smallest absolute Gasteiger partial charge is 0.250 e. The first-order valence-electron chi connectivity index (χ1n) is 7.40. The van der Waals surface area contributed by atoms with Crippen LogP contribution in [0.3, 0.4) is 0 Å². The zero-order valence-electron chi connectivity index (χ0n) is 12.8. The minimum atomic E-state index is -0.423. The van der Waals surface area contributed by atoms with E-state index in [0.717, 1.165) is 13.1 Å². The van der Waals surface area contributed by atoms with E-state index in [1.54, 1.807) is 0 Å². The van der Waals surface area contributed by atoms with Crippen molar-refractivity contribution < 1.29 is 9.53 Å². The lowest BCUT2D eigenvalue weighted by Gasteiger charge is -2.34. The van der Waals surface area contributed by atoms with Gasteiger partial charge in [-0.3, -0.25) is 9.69 Å². The summed E-state index contributed by atoms with van der Waals surface area (Å²) in [6, 6.07) is 10.3.